The summed E-state index contributed by atoms with van der Waals surface area (Å²) in [7, 11) is 0. The smallest absolute Gasteiger partial charge is 0.230 e. The number of nitrogens with two attached hydrogens (primary N) is 1. The van der Waals surface area contributed by atoms with E-state index < -0.39 is 0 Å². The average molecular weight is 273 g/mol. The van der Waals surface area contributed by atoms with Crippen LogP contribution in [0, 0.1) is 19.3 Å². The molecule has 6 nitrogen and oxygen atoms in total. The summed E-state index contributed by atoms with van der Waals surface area (Å²) in [6.45, 7) is 6.69. The highest BCUT2D eigenvalue weighted by Crippen LogP contribution is 2.25. The number of aromatic nitrogens is 3. The summed E-state index contributed by atoms with van der Waals surface area (Å²) in [5, 5.41) is 11.9. The molecule has 0 aliphatic heterocycles. The number of hydrogen-bond acceptors (Lipinski definition) is 4. The minimum absolute atomic E-state index is 0.0500. The molecule has 3 N–H and O–H groups in total. The Labute approximate surface area is 118 Å². The summed E-state index contributed by atoms with van der Waals surface area (Å²) in [5.41, 5.74) is 7.84. The number of rotatable bonds is 5. The van der Waals surface area contributed by atoms with E-state index in [1.54, 1.807) is 6.20 Å². The van der Waals surface area contributed by atoms with Crippen molar-refractivity contribution in [2.24, 2.45) is 5.73 Å². The van der Waals surface area contributed by atoms with E-state index in [0.29, 0.717) is 17.2 Å². The van der Waals surface area contributed by atoms with Gasteiger partial charge in [0, 0.05) is 12.2 Å². The topological polar surface area (TPSA) is 89.8 Å². The Morgan fingerprint density at radius 2 is 2.20 bits per heavy atom. The van der Waals surface area contributed by atoms with Gasteiger partial charge < -0.3 is 10.5 Å². The lowest BCUT2D eigenvalue weighted by Crippen LogP contribution is -2.15. The van der Waals surface area contributed by atoms with E-state index >= 15 is 0 Å². The van der Waals surface area contributed by atoms with Crippen molar-refractivity contribution in [3.8, 4) is 11.6 Å². The third-order valence-corrected chi connectivity index (χ3v) is 2.86. The Balaban J connectivity index is 2.34. The van der Waals surface area contributed by atoms with Crippen LogP contribution in [0.1, 0.15) is 30.2 Å². The number of amidine groups is 1. The molecule has 20 heavy (non-hydrogen) atoms. The molecular formula is C14H19N5O. The Morgan fingerprint density at radius 3 is 2.85 bits per heavy atom. The molecule has 0 spiro atoms. The van der Waals surface area contributed by atoms with Crippen molar-refractivity contribution < 1.29 is 4.74 Å². The molecule has 0 saturated carbocycles. The number of nitrogens with one attached hydrogen (secondary N) is 1. The van der Waals surface area contributed by atoms with Crippen molar-refractivity contribution >= 4 is 5.84 Å². The maximum absolute atomic E-state index is 7.66. The average Bonchev–Trinajstić information content (AvgIpc) is 2.75. The van der Waals surface area contributed by atoms with E-state index in [2.05, 4.69) is 17.0 Å². The predicted molar refractivity (Wildman–Crippen MR) is 77.3 cm³/mol. The molecule has 106 valence electrons. The van der Waals surface area contributed by atoms with Gasteiger partial charge in [-0.1, -0.05) is 6.92 Å². The number of nitrogens with zero attached hydrogens (tertiary/aromatic N) is 3. The zero-order valence-electron chi connectivity index (χ0n) is 12.0. The highest BCUT2D eigenvalue weighted by atomic mass is 16.5. The third-order valence-electron chi connectivity index (χ3n) is 2.86. The number of nitrogen functional groups attached to an aromatic ring is 1. The third kappa shape index (κ3) is 2.96. The van der Waals surface area contributed by atoms with Crippen LogP contribution in [0.4, 0.5) is 0 Å². The molecule has 0 bridgehead atoms. The molecule has 0 fully saturated rings. The van der Waals surface area contributed by atoms with E-state index in [9.17, 15) is 0 Å². The van der Waals surface area contributed by atoms with Gasteiger partial charge in [0.25, 0.3) is 0 Å². The fourth-order valence-electron chi connectivity index (χ4n) is 2.06. The molecule has 0 radical (unpaired) electrons. The van der Waals surface area contributed by atoms with Gasteiger partial charge in [0.15, 0.2) is 5.75 Å². The molecule has 0 aromatic carbocycles. The first-order valence-electron chi connectivity index (χ1n) is 6.54. The Hall–Kier alpha value is -2.37. The summed E-state index contributed by atoms with van der Waals surface area (Å²) in [6.07, 6.45) is 4.45. The first-order valence-corrected chi connectivity index (χ1v) is 6.54. The fraction of sp³-hybridized carbons (Fsp3) is 0.357. The van der Waals surface area contributed by atoms with Gasteiger partial charge in [0.1, 0.15) is 5.84 Å². The zero-order valence-corrected chi connectivity index (χ0v) is 12.0. The monoisotopic (exact) mass is 273 g/mol. The Kier molecular flexibility index (Phi) is 4.02. The SMILES string of the molecule is CCCn1cc(Oc2nc(C)cc(C)c2C(=N)N)cn1. The van der Waals surface area contributed by atoms with E-state index in [1.807, 2.05) is 30.8 Å². The molecule has 0 aliphatic carbocycles. The first kappa shape index (κ1) is 14.0. The molecule has 2 aromatic heterocycles. The largest absolute Gasteiger partial charge is 0.435 e. The van der Waals surface area contributed by atoms with Gasteiger partial charge in [0.2, 0.25) is 5.88 Å². The number of ether oxygens (including phenoxy) is 1. The maximum atomic E-state index is 7.66. The van der Waals surface area contributed by atoms with Crippen LogP contribution in [-0.2, 0) is 6.54 Å². The molecule has 6 heteroatoms. The second-order valence-electron chi connectivity index (χ2n) is 4.72. The van der Waals surface area contributed by atoms with Crippen LogP contribution >= 0.6 is 0 Å². The van der Waals surface area contributed by atoms with E-state index in [-0.39, 0.29) is 5.84 Å². The highest BCUT2D eigenvalue weighted by molar-refractivity contribution is 5.98. The summed E-state index contributed by atoms with van der Waals surface area (Å²) < 4.78 is 7.56. The maximum Gasteiger partial charge on any atom is 0.230 e. The molecule has 2 aromatic rings. The number of pyridine rings is 1. The standard InChI is InChI=1S/C14H19N5O/c1-4-5-19-8-11(7-17-19)20-14-12(13(15)16)9(2)6-10(3)18-14/h6-8H,4-5H2,1-3H3,(H3,15,16). The van der Waals surface area contributed by atoms with Gasteiger partial charge in [-0.25, -0.2) is 4.98 Å². The normalized spacial score (nSPS) is 10.6. The van der Waals surface area contributed by atoms with Crippen LogP contribution in [0.25, 0.3) is 0 Å². The molecule has 2 heterocycles. The van der Waals surface area contributed by atoms with Crippen LogP contribution in [0.3, 0.4) is 0 Å². The van der Waals surface area contributed by atoms with Crippen molar-refractivity contribution in [2.45, 2.75) is 33.7 Å². The molecule has 0 atom stereocenters. The van der Waals surface area contributed by atoms with Crippen LogP contribution < -0.4 is 10.5 Å². The molecule has 0 amide bonds. The Bertz CT molecular complexity index is 632. The lowest BCUT2D eigenvalue weighted by molar-refractivity contribution is 0.458. The predicted octanol–water partition coefficient (Wildman–Crippen LogP) is 2.38. The summed E-state index contributed by atoms with van der Waals surface area (Å²) in [6, 6.07) is 1.88. The number of hydrogen-bond donors (Lipinski definition) is 2. The van der Waals surface area contributed by atoms with E-state index in [1.165, 1.54) is 0 Å². The van der Waals surface area contributed by atoms with Crippen LogP contribution in [0.15, 0.2) is 18.5 Å². The first-order chi connectivity index (χ1) is 9.51. The highest BCUT2D eigenvalue weighted by Gasteiger charge is 2.14. The fourth-order valence-corrected chi connectivity index (χ4v) is 2.06. The molecule has 0 unspecified atom stereocenters. The molecule has 0 saturated heterocycles. The van der Waals surface area contributed by atoms with E-state index in [0.717, 1.165) is 24.2 Å². The number of aryl methyl sites for hydroxylation is 3. The molecule has 0 aliphatic rings. The molecule has 2 rings (SSSR count). The van der Waals surface area contributed by atoms with Crippen molar-refractivity contribution in [2.75, 3.05) is 0 Å². The van der Waals surface area contributed by atoms with Crippen LogP contribution in [-0.4, -0.2) is 20.6 Å². The van der Waals surface area contributed by atoms with Crippen LogP contribution in [0.5, 0.6) is 11.6 Å². The summed E-state index contributed by atoms with van der Waals surface area (Å²) in [4.78, 5) is 4.33. The van der Waals surface area contributed by atoms with E-state index in [4.69, 9.17) is 15.9 Å². The van der Waals surface area contributed by atoms with Gasteiger partial charge in [-0.2, -0.15) is 5.10 Å². The lowest BCUT2D eigenvalue weighted by Gasteiger charge is -2.11. The van der Waals surface area contributed by atoms with Gasteiger partial charge in [0.05, 0.1) is 18.0 Å². The van der Waals surface area contributed by atoms with Gasteiger partial charge >= 0.3 is 0 Å². The minimum atomic E-state index is -0.0500. The van der Waals surface area contributed by atoms with Gasteiger partial charge in [-0.3, -0.25) is 10.1 Å². The Morgan fingerprint density at radius 1 is 1.45 bits per heavy atom. The van der Waals surface area contributed by atoms with Crippen molar-refractivity contribution in [1.82, 2.24) is 14.8 Å². The zero-order chi connectivity index (χ0) is 14.7. The van der Waals surface area contributed by atoms with Crippen molar-refractivity contribution in [3.05, 3.63) is 35.3 Å². The minimum Gasteiger partial charge on any atom is -0.435 e. The van der Waals surface area contributed by atoms with Gasteiger partial charge in [-0.05, 0) is 31.9 Å². The van der Waals surface area contributed by atoms with Crippen LogP contribution in [0.2, 0.25) is 0 Å². The summed E-state index contributed by atoms with van der Waals surface area (Å²) >= 11 is 0. The van der Waals surface area contributed by atoms with Gasteiger partial charge in [-0.15, -0.1) is 0 Å². The lowest BCUT2D eigenvalue weighted by atomic mass is 10.1. The molecular weight excluding hydrogens is 254 g/mol. The van der Waals surface area contributed by atoms with Crippen molar-refractivity contribution in [3.63, 3.8) is 0 Å². The quantitative estimate of drug-likeness (QED) is 0.646. The second-order valence-corrected chi connectivity index (χ2v) is 4.72. The van der Waals surface area contributed by atoms with Crippen molar-refractivity contribution in [1.29, 1.82) is 5.41 Å². The summed E-state index contributed by atoms with van der Waals surface area (Å²) in [5.74, 6) is 0.899. The second kappa shape index (κ2) is 5.73.